The predicted molar refractivity (Wildman–Crippen MR) is 107 cm³/mol. The van der Waals surface area contributed by atoms with Crippen LogP contribution < -0.4 is 4.72 Å². The molecule has 0 aliphatic rings. The van der Waals surface area contributed by atoms with Gasteiger partial charge in [0.25, 0.3) is 0 Å². The third-order valence-electron chi connectivity index (χ3n) is 4.19. The Bertz CT molecular complexity index is 1060. The zero-order valence-corrected chi connectivity index (χ0v) is 17.6. The van der Waals surface area contributed by atoms with E-state index in [0.717, 1.165) is 23.9 Å². The van der Waals surface area contributed by atoms with Crippen LogP contribution >= 0.6 is 11.3 Å². The molecule has 0 bridgehead atoms. The number of benzene rings is 1. The molecule has 30 heavy (non-hydrogen) atoms. The number of hydrogen-bond acceptors (Lipinski definition) is 6. The maximum atomic E-state index is 12.6. The molecule has 3 aromatic rings. The lowest BCUT2D eigenvalue weighted by Gasteiger charge is -2.16. The van der Waals surface area contributed by atoms with Crippen LogP contribution in [0, 0.1) is 0 Å². The Morgan fingerprint density at radius 1 is 1.17 bits per heavy atom. The number of halogens is 3. The van der Waals surface area contributed by atoms with Crippen molar-refractivity contribution in [2.75, 3.05) is 20.1 Å². The van der Waals surface area contributed by atoms with Crippen LogP contribution in [0.15, 0.2) is 57.3 Å². The van der Waals surface area contributed by atoms with Crippen molar-refractivity contribution in [2.24, 2.45) is 0 Å². The molecule has 1 aromatic carbocycles. The lowest BCUT2D eigenvalue weighted by atomic mass is 10.2. The molecule has 2 aromatic heterocycles. The molecule has 0 fully saturated rings. The van der Waals surface area contributed by atoms with Crippen LogP contribution in [0.2, 0.25) is 0 Å². The summed E-state index contributed by atoms with van der Waals surface area (Å²) in [5, 5.41) is 3.37. The Morgan fingerprint density at radius 2 is 1.90 bits per heavy atom. The highest BCUT2D eigenvalue weighted by Crippen LogP contribution is 2.35. The molecular weight excluding hydrogens is 439 g/mol. The first-order valence-corrected chi connectivity index (χ1v) is 11.3. The van der Waals surface area contributed by atoms with E-state index < -0.39 is 22.0 Å². The van der Waals surface area contributed by atoms with Crippen LogP contribution in [-0.4, -0.2) is 38.6 Å². The van der Waals surface area contributed by atoms with Gasteiger partial charge in [0.1, 0.15) is 9.90 Å². The highest BCUT2D eigenvalue weighted by molar-refractivity contribution is 7.91. The maximum Gasteiger partial charge on any atom is 0.452 e. The fourth-order valence-electron chi connectivity index (χ4n) is 2.73. The highest BCUT2D eigenvalue weighted by Gasteiger charge is 2.36. The zero-order valence-electron chi connectivity index (χ0n) is 16.0. The molecule has 2 heterocycles. The molecule has 0 saturated heterocycles. The normalized spacial score (nSPS) is 12.6. The lowest BCUT2D eigenvalue weighted by Crippen LogP contribution is -2.27. The zero-order chi connectivity index (χ0) is 21.8. The molecule has 11 heteroatoms. The van der Waals surface area contributed by atoms with Gasteiger partial charge in [0.05, 0.1) is 4.88 Å². The molecule has 0 unspecified atom stereocenters. The summed E-state index contributed by atoms with van der Waals surface area (Å²) in [6.45, 7) is 1.71. The van der Waals surface area contributed by atoms with Gasteiger partial charge in [-0.3, -0.25) is 0 Å². The average Bonchev–Trinajstić information content (AvgIpc) is 3.35. The van der Waals surface area contributed by atoms with E-state index in [0.29, 0.717) is 13.0 Å². The molecular formula is C19H20F3N3O3S2. The second-order valence-electron chi connectivity index (χ2n) is 6.67. The first-order chi connectivity index (χ1) is 14.1. The third-order valence-corrected chi connectivity index (χ3v) is 7.25. The van der Waals surface area contributed by atoms with E-state index in [-0.39, 0.29) is 21.3 Å². The number of nitrogens with one attached hydrogen (secondary N) is 1. The van der Waals surface area contributed by atoms with Gasteiger partial charge in [-0.15, -0.1) is 11.3 Å². The molecule has 162 valence electrons. The Balaban J connectivity index is 1.52. The summed E-state index contributed by atoms with van der Waals surface area (Å²) in [7, 11) is -1.80. The number of alkyl halides is 3. The van der Waals surface area contributed by atoms with E-state index in [4.69, 9.17) is 0 Å². The molecule has 0 spiro atoms. The van der Waals surface area contributed by atoms with E-state index in [1.165, 1.54) is 17.7 Å². The minimum absolute atomic E-state index is 0.00620. The van der Waals surface area contributed by atoms with Gasteiger partial charge in [-0.2, -0.15) is 13.2 Å². The van der Waals surface area contributed by atoms with Crippen LogP contribution in [0.4, 0.5) is 13.2 Å². The van der Waals surface area contributed by atoms with Crippen molar-refractivity contribution >= 4 is 21.4 Å². The molecule has 0 saturated carbocycles. The third kappa shape index (κ3) is 5.91. The summed E-state index contributed by atoms with van der Waals surface area (Å²) in [6, 6.07) is 13.4. The molecule has 0 amide bonds. The monoisotopic (exact) mass is 459 g/mol. The van der Waals surface area contributed by atoms with Crippen molar-refractivity contribution in [1.82, 2.24) is 14.8 Å². The minimum Gasteiger partial charge on any atom is -0.351 e. The summed E-state index contributed by atoms with van der Waals surface area (Å²) in [4.78, 5) is 2.37. The number of sulfonamides is 1. The standard InChI is InChI=1S/C19H20F3N3O3S2/c1-25(13-14-6-3-2-4-7-14)11-5-10-23-30(26,27)18-9-8-16(29-18)15-12-17(28-24-15)19(20,21)22/h2-4,6-9,12,23H,5,10-11,13H2,1H3. The Morgan fingerprint density at radius 3 is 2.57 bits per heavy atom. The van der Waals surface area contributed by atoms with Crippen molar-refractivity contribution in [3.05, 3.63) is 59.9 Å². The second kappa shape index (κ2) is 9.29. The quantitative estimate of drug-likeness (QED) is 0.485. The summed E-state index contributed by atoms with van der Waals surface area (Å²) < 4.78 is 69.6. The number of rotatable bonds is 9. The van der Waals surface area contributed by atoms with Crippen LogP contribution in [0.25, 0.3) is 10.6 Å². The molecule has 6 nitrogen and oxygen atoms in total. The smallest absolute Gasteiger partial charge is 0.351 e. The number of nitrogens with zero attached hydrogens (tertiary/aromatic N) is 2. The van der Waals surface area contributed by atoms with Crippen molar-refractivity contribution in [2.45, 2.75) is 23.4 Å². The SMILES string of the molecule is CN(CCCNS(=O)(=O)c1ccc(-c2cc(C(F)(F)F)on2)s1)Cc1ccccc1. The van der Waals surface area contributed by atoms with Crippen molar-refractivity contribution < 1.29 is 26.1 Å². The molecule has 1 N–H and O–H groups in total. The topological polar surface area (TPSA) is 75.4 Å². The Labute approximate surface area is 176 Å². The van der Waals surface area contributed by atoms with Gasteiger partial charge >= 0.3 is 6.18 Å². The fourth-order valence-corrected chi connectivity index (χ4v) is 5.11. The van der Waals surface area contributed by atoms with E-state index in [9.17, 15) is 21.6 Å². The summed E-state index contributed by atoms with van der Waals surface area (Å²) in [5.74, 6) is -1.23. The van der Waals surface area contributed by atoms with Gasteiger partial charge in [0.15, 0.2) is 0 Å². The lowest BCUT2D eigenvalue weighted by molar-refractivity contribution is -0.155. The van der Waals surface area contributed by atoms with Crippen LogP contribution in [0.1, 0.15) is 17.7 Å². The Kier molecular flexibility index (Phi) is 6.96. The predicted octanol–water partition coefficient (Wildman–Crippen LogP) is 4.22. The van der Waals surface area contributed by atoms with E-state index in [1.807, 2.05) is 37.4 Å². The van der Waals surface area contributed by atoms with E-state index in [2.05, 4.69) is 19.3 Å². The largest absolute Gasteiger partial charge is 0.452 e. The van der Waals surface area contributed by atoms with Crippen molar-refractivity contribution in [1.29, 1.82) is 0 Å². The molecule has 0 aliphatic heterocycles. The number of hydrogen-bond donors (Lipinski definition) is 1. The van der Waals surface area contributed by atoms with Crippen LogP contribution in [-0.2, 0) is 22.7 Å². The fraction of sp³-hybridized carbons (Fsp3) is 0.316. The maximum absolute atomic E-state index is 12.6. The van der Waals surface area contributed by atoms with Gasteiger partial charge in [-0.1, -0.05) is 35.5 Å². The van der Waals surface area contributed by atoms with Gasteiger partial charge in [0, 0.05) is 19.2 Å². The number of aromatic nitrogens is 1. The van der Waals surface area contributed by atoms with Crippen molar-refractivity contribution in [3.63, 3.8) is 0 Å². The first-order valence-electron chi connectivity index (χ1n) is 9.01. The molecule has 3 rings (SSSR count). The summed E-state index contributed by atoms with van der Waals surface area (Å²) in [6.07, 6.45) is -4.04. The van der Waals surface area contributed by atoms with Crippen LogP contribution in [0.3, 0.4) is 0 Å². The van der Waals surface area contributed by atoms with Crippen LogP contribution in [0.5, 0.6) is 0 Å². The molecule has 0 radical (unpaired) electrons. The van der Waals surface area contributed by atoms with Gasteiger partial charge in [0.2, 0.25) is 15.8 Å². The first kappa shape index (κ1) is 22.5. The van der Waals surface area contributed by atoms with E-state index >= 15 is 0 Å². The van der Waals surface area contributed by atoms with Gasteiger partial charge < -0.3 is 9.42 Å². The molecule has 0 atom stereocenters. The summed E-state index contributed by atoms with van der Waals surface area (Å²) >= 11 is 0.832. The van der Waals surface area contributed by atoms with Gasteiger partial charge in [-0.05, 0) is 37.7 Å². The highest BCUT2D eigenvalue weighted by atomic mass is 32.2. The molecule has 0 aliphatic carbocycles. The Hall–Kier alpha value is -2.21. The second-order valence-corrected chi connectivity index (χ2v) is 9.75. The minimum atomic E-state index is -4.65. The number of thiophene rings is 1. The van der Waals surface area contributed by atoms with E-state index in [1.54, 1.807) is 0 Å². The summed E-state index contributed by atoms with van der Waals surface area (Å²) in [5.41, 5.74) is 1.12. The average molecular weight is 460 g/mol. The van der Waals surface area contributed by atoms with Gasteiger partial charge in [-0.25, -0.2) is 13.1 Å². The van der Waals surface area contributed by atoms with Crippen molar-refractivity contribution in [3.8, 4) is 10.6 Å².